The molecular weight excluding hydrogens is 322 g/mol. The number of nitrogens with one attached hydrogen (secondary N) is 1. The summed E-state index contributed by atoms with van der Waals surface area (Å²) in [4.78, 5) is 28.7. The lowest BCUT2D eigenvalue weighted by molar-refractivity contribution is -0.137. The quantitative estimate of drug-likeness (QED) is 0.810. The predicted molar refractivity (Wildman–Crippen MR) is 93.3 cm³/mol. The number of ether oxygens (including phenoxy) is 2. The number of urea groups is 1. The number of rotatable bonds is 5. The predicted octanol–water partition coefficient (Wildman–Crippen LogP) is 1.37. The topological polar surface area (TPSA) is 71.1 Å². The largest absolute Gasteiger partial charge is 0.378 e. The van der Waals surface area contributed by atoms with E-state index in [-0.39, 0.29) is 18.0 Å². The SMILES string of the molecule is CCC(NC(=O)N1CCC(OC2CCC2)CC1)C(=O)N1CCOCC1. The maximum absolute atomic E-state index is 12.6. The Labute approximate surface area is 150 Å². The second kappa shape index (κ2) is 8.85. The summed E-state index contributed by atoms with van der Waals surface area (Å²) in [7, 11) is 0. The molecule has 1 saturated carbocycles. The fourth-order valence-corrected chi connectivity index (χ4v) is 3.56. The van der Waals surface area contributed by atoms with Gasteiger partial charge in [0.15, 0.2) is 0 Å². The molecule has 0 aromatic rings. The van der Waals surface area contributed by atoms with E-state index >= 15 is 0 Å². The van der Waals surface area contributed by atoms with Gasteiger partial charge in [0.2, 0.25) is 5.91 Å². The zero-order valence-corrected chi connectivity index (χ0v) is 15.2. The number of nitrogens with zero attached hydrogens (tertiary/aromatic N) is 2. The van der Waals surface area contributed by atoms with Crippen LogP contribution in [0.25, 0.3) is 0 Å². The molecule has 7 heteroatoms. The number of likely N-dealkylation sites (tertiary alicyclic amines) is 1. The normalized spacial score (nSPS) is 23.9. The summed E-state index contributed by atoms with van der Waals surface area (Å²) in [6.45, 7) is 5.69. The van der Waals surface area contributed by atoms with Crippen molar-refractivity contribution >= 4 is 11.9 Å². The summed E-state index contributed by atoms with van der Waals surface area (Å²) in [5.41, 5.74) is 0. The van der Waals surface area contributed by atoms with Gasteiger partial charge in [0.25, 0.3) is 0 Å². The second-order valence-corrected chi connectivity index (χ2v) is 7.22. The molecule has 3 aliphatic rings. The average molecular weight is 353 g/mol. The lowest BCUT2D eigenvalue weighted by Crippen LogP contribution is -2.55. The average Bonchev–Trinajstić information content (AvgIpc) is 2.63. The Balaban J connectivity index is 1.43. The highest BCUT2D eigenvalue weighted by atomic mass is 16.5. The Morgan fingerprint density at radius 2 is 1.68 bits per heavy atom. The molecule has 0 aromatic heterocycles. The molecule has 2 heterocycles. The summed E-state index contributed by atoms with van der Waals surface area (Å²) in [5, 5.41) is 2.93. The van der Waals surface area contributed by atoms with E-state index in [9.17, 15) is 9.59 Å². The number of hydrogen-bond donors (Lipinski definition) is 1. The Kier molecular flexibility index (Phi) is 6.53. The molecule has 2 saturated heterocycles. The zero-order valence-electron chi connectivity index (χ0n) is 15.2. The van der Waals surface area contributed by atoms with Crippen molar-refractivity contribution < 1.29 is 19.1 Å². The zero-order chi connectivity index (χ0) is 17.6. The van der Waals surface area contributed by atoms with Gasteiger partial charge in [0.05, 0.1) is 25.4 Å². The lowest BCUT2D eigenvalue weighted by atomic mass is 9.95. The van der Waals surface area contributed by atoms with Crippen molar-refractivity contribution in [1.29, 1.82) is 0 Å². The Morgan fingerprint density at radius 3 is 2.24 bits per heavy atom. The molecule has 0 aromatic carbocycles. The highest BCUT2D eigenvalue weighted by molar-refractivity contribution is 5.87. The van der Waals surface area contributed by atoms with Gasteiger partial charge in [-0.2, -0.15) is 0 Å². The van der Waals surface area contributed by atoms with Gasteiger partial charge < -0.3 is 24.6 Å². The van der Waals surface area contributed by atoms with E-state index in [1.807, 2.05) is 11.8 Å². The minimum Gasteiger partial charge on any atom is -0.378 e. The third-order valence-corrected chi connectivity index (χ3v) is 5.49. The van der Waals surface area contributed by atoms with Crippen LogP contribution in [0.1, 0.15) is 45.4 Å². The molecule has 1 atom stereocenters. The molecule has 1 unspecified atom stereocenters. The van der Waals surface area contributed by atoms with Crippen LogP contribution in [0, 0.1) is 0 Å². The highest BCUT2D eigenvalue weighted by Crippen LogP contribution is 2.26. The number of hydrogen-bond acceptors (Lipinski definition) is 4. The first-order valence-electron chi connectivity index (χ1n) is 9.74. The van der Waals surface area contributed by atoms with Crippen molar-refractivity contribution in [2.75, 3.05) is 39.4 Å². The number of morpholine rings is 1. The van der Waals surface area contributed by atoms with Crippen LogP contribution >= 0.6 is 0 Å². The standard InChI is InChI=1S/C18H31N3O4/c1-2-16(17(22)20-10-12-24-13-11-20)19-18(23)21-8-6-15(7-9-21)25-14-4-3-5-14/h14-16H,2-13H2,1H3,(H,19,23). The number of carbonyl (C=O) groups is 2. The first-order chi connectivity index (χ1) is 12.2. The summed E-state index contributed by atoms with van der Waals surface area (Å²) in [6.07, 6.45) is 6.75. The van der Waals surface area contributed by atoms with Crippen molar-refractivity contribution in [1.82, 2.24) is 15.1 Å². The molecule has 142 valence electrons. The highest BCUT2D eigenvalue weighted by Gasteiger charge is 2.30. The minimum atomic E-state index is -0.449. The number of carbonyl (C=O) groups excluding carboxylic acids is 2. The van der Waals surface area contributed by atoms with E-state index in [1.54, 1.807) is 4.90 Å². The lowest BCUT2D eigenvalue weighted by Gasteiger charge is -2.37. The molecule has 0 bridgehead atoms. The molecule has 3 fully saturated rings. The van der Waals surface area contributed by atoms with E-state index in [4.69, 9.17) is 9.47 Å². The summed E-state index contributed by atoms with van der Waals surface area (Å²) in [6, 6.07) is -0.579. The van der Waals surface area contributed by atoms with Gasteiger partial charge in [-0.25, -0.2) is 4.79 Å². The van der Waals surface area contributed by atoms with Crippen LogP contribution in [0.3, 0.4) is 0 Å². The van der Waals surface area contributed by atoms with Crippen LogP contribution in [-0.2, 0) is 14.3 Å². The fraction of sp³-hybridized carbons (Fsp3) is 0.889. The molecule has 3 rings (SSSR count). The van der Waals surface area contributed by atoms with Gasteiger partial charge in [-0.1, -0.05) is 6.92 Å². The van der Waals surface area contributed by atoms with Crippen molar-refractivity contribution in [2.24, 2.45) is 0 Å². The van der Waals surface area contributed by atoms with Gasteiger partial charge in [0, 0.05) is 26.2 Å². The molecule has 25 heavy (non-hydrogen) atoms. The third-order valence-electron chi connectivity index (χ3n) is 5.49. The van der Waals surface area contributed by atoms with Gasteiger partial charge in [-0.05, 0) is 38.5 Å². The van der Waals surface area contributed by atoms with Crippen LogP contribution in [0.4, 0.5) is 4.79 Å². The van der Waals surface area contributed by atoms with Crippen molar-refractivity contribution in [3.05, 3.63) is 0 Å². The van der Waals surface area contributed by atoms with E-state index in [2.05, 4.69) is 5.32 Å². The van der Waals surface area contributed by atoms with Crippen molar-refractivity contribution in [3.8, 4) is 0 Å². The molecule has 1 aliphatic carbocycles. The van der Waals surface area contributed by atoms with Gasteiger partial charge in [0.1, 0.15) is 6.04 Å². The summed E-state index contributed by atoms with van der Waals surface area (Å²) in [5.74, 6) is 0.00218. The Bertz CT molecular complexity index is 455. The van der Waals surface area contributed by atoms with Crippen LogP contribution in [0.15, 0.2) is 0 Å². The van der Waals surface area contributed by atoms with Gasteiger partial charge in [-0.3, -0.25) is 4.79 Å². The Morgan fingerprint density at radius 1 is 1.04 bits per heavy atom. The first kappa shape index (κ1) is 18.5. The monoisotopic (exact) mass is 353 g/mol. The van der Waals surface area contributed by atoms with E-state index in [1.165, 1.54) is 19.3 Å². The third kappa shape index (κ3) is 4.85. The molecule has 2 aliphatic heterocycles. The molecule has 0 spiro atoms. The molecule has 1 N–H and O–H groups in total. The maximum Gasteiger partial charge on any atom is 0.318 e. The van der Waals surface area contributed by atoms with Crippen LogP contribution < -0.4 is 5.32 Å². The fourth-order valence-electron chi connectivity index (χ4n) is 3.56. The minimum absolute atomic E-state index is 0.00218. The van der Waals surface area contributed by atoms with Crippen LogP contribution in [0.5, 0.6) is 0 Å². The van der Waals surface area contributed by atoms with E-state index in [0.29, 0.717) is 51.9 Å². The number of amides is 3. The smallest absolute Gasteiger partial charge is 0.318 e. The van der Waals surface area contributed by atoms with Crippen LogP contribution in [0.2, 0.25) is 0 Å². The Hall–Kier alpha value is -1.34. The first-order valence-corrected chi connectivity index (χ1v) is 9.74. The summed E-state index contributed by atoms with van der Waals surface area (Å²) >= 11 is 0. The van der Waals surface area contributed by atoms with Gasteiger partial charge in [-0.15, -0.1) is 0 Å². The second-order valence-electron chi connectivity index (χ2n) is 7.22. The van der Waals surface area contributed by atoms with Crippen molar-refractivity contribution in [3.63, 3.8) is 0 Å². The van der Waals surface area contributed by atoms with Crippen molar-refractivity contribution in [2.45, 2.75) is 63.7 Å². The number of piperidine rings is 1. The molecule has 3 amide bonds. The van der Waals surface area contributed by atoms with Gasteiger partial charge >= 0.3 is 6.03 Å². The van der Waals surface area contributed by atoms with E-state index in [0.717, 1.165) is 12.8 Å². The van der Waals surface area contributed by atoms with E-state index < -0.39 is 6.04 Å². The molecule has 0 radical (unpaired) electrons. The molecule has 7 nitrogen and oxygen atoms in total. The maximum atomic E-state index is 12.6. The van der Waals surface area contributed by atoms with Crippen LogP contribution in [-0.4, -0.2) is 79.4 Å². The summed E-state index contributed by atoms with van der Waals surface area (Å²) < 4.78 is 11.3. The molecular formula is C18H31N3O4.